The van der Waals surface area contributed by atoms with E-state index in [1.807, 2.05) is 30.3 Å². The largest absolute Gasteiger partial charge is 0.445 e. The van der Waals surface area contributed by atoms with Crippen LogP contribution in [0.25, 0.3) is 0 Å². The maximum Gasteiger partial charge on any atom is 0.416 e. The third kappa shape index (κ3) is 3.90. The van der Waals surface area contributed by atoms with Crippen molar-refractivity contribution >= 4 is 6.09 Å². The fourth-order valence-electron chi connectivity index (χ4n) is 4.77. The Morgan fingerprint density at radius 1 is 1.13 bits per heavy atom. The smallest absolute Gasteiger partial charge is 0.416 e. The first-order valence-corrected chi connectivity index (χ1v) is 10.1. The second-order valence-electron chi connectivity index (χ2n) is 8.30. The standard InChI is InChI=1S/C23H24F3NO3/c1-15-7-8-17(11-20(15)23(24,25)26)22(29)12-18-9-10-19(13-22)27(18)21(28)30-14-16-5-3-2-4-6-16/h2-8,11,18-19,29H,9-10,12-14H2,1H3. The molecular weight excluding hydrogens is 395 g/mol. The molecular formula is C23H24F3NO3. The molecule has 2 aromatic carbocycles. The highest BCUT2D eigenvalue weighted by Crippen LogP contribution is 2.47. The van der Waals surface area contributed by atoms with Crippen molar-refractivity contribution in [2.45, 2.75) is 63.1 Å². The lowest BCUT2D eigenvalue weighted by Gasteiger charge is -2.43. The average molecular weight is 419 g/mol. The van der Waals surface area contributed by atoms with Crippen LogP contribution in [0.2, 0.25) is 0 Å². The monoisotopic (exact) mass is 419 g/mol. The zero-order chi connectivity index (χ0) is 21.5. The first kappa shape index (κ1) is 20.7. The molecule has 2 atom stereocenters. The fraction of sp³-hybridized carbons (Fsp3) is 0.435. The molecule has 30 heavy (non-hydrogen) atoms. The Hall–Kier alpha value is -2.54. The molecule has 2 saturated heterocycles. The molecule has 160 valence electrons. The summed E-state index contributed by atoms with van der Waals surface area (Å²) in [7, 11) is 0. The summed E-state index contributed by atoms with van der Waals surface area (Å²) in [6, 6.07) is 12.9. The van der Waals surface area contributed by atoms with Crippen molar-refractivity contribution in [3.05, 3.63) is 70.8 Å². The minimum atomic E-state index is -4.47. The van der Waals surface area contributed by atoms with Crippen LogP contribution in [0.15, 0.2) is 48.5 Å². The molecule has 0 aromatic heterocycles. The van der Waals surface area contributed by atoms with Crippen LogP contribution in [0.5, 0.6) is 0 Å². The van der Waals surface area contributed by atoms with Crippen molar-refractivity contribution in [1.82, 2.24) is 4.90 Å². The number of piperidine rings is 1. The molecule has 1 N–H and O–H groups in total. The van der Waals surface area contributed by atoms with E-state index in [-0.39, 0.29) is 42.7 Å². The van der Waals surface area contributed by atoms with Crippen molar-refractivity contribution in [3.63, 3.8) is 0 Å². The molecule has 4 rings (SSSR count). The predicted molar refractivity (Wildman–Crippen MR) is 105 cm³/mol. The van der Waals surface area contributed by atoms with Crippen LogP contribution in [0.4, 0.5) is 18.0 Å². The number of rotatable bonds is 3. The molecule has 1 amide bonds. The van der Waals surface area contributed by atoms with Gasteiger partial charge in [0.1, 0.15) is 6.61 Å². The summed E-state index contributed by atoms with van der Waals surface area (Å²) in [5.41, 5.74) is -0.860. The van der Waals surface area contributed by atoms with Gasteiger partial charge in [0.05, 0.1) is 11.2 Å². The number of nitrogens with zero attached hydrogens (tertiary/aromatic N) is 1. The van der Waals surface area contributed by atoms with Crippen LogP contribution in [0.3, 0.4) is 0 Å². The minimum absolute atomic E-state index is 0.125. The highest BCUT2D eigenvalue weighted by atomic mass is 19.4. The van der Waals surface area contributed by atoms with Gasteiger partial charge in [0.2, 0.25) is 0 Å². The Morgan fingerprint density at radius 3 is 2.37 bits per heavy atom. The Morgan fingerprint density at radius 2 is 1.77 bits per heavy atom. The Bertz CT molecular complexity index is 915. The maximum absolute atomic E-state index is 13.3. The van der Waals surface area contributed by atoms with Crippen LogP contribution in [-0.2, 0) is 23.1 Å². The summed E-state index contributed by atoms with van der Waals surface area (Å²) in [6.45, 7) is 1.57. The van der Waals surface area contributed by atoms with Crippen LogP contribution in [0.1, 0.15) is 47.9 Å². The Kier molecular flexibility index (Phi) is 5.26. The van der Waals surface area contributed by atoms with Crippen LogP contribution < -0.4 is 0 Å². The third-order valence-electron chi connectivity index (χ3n) is 6.26. The van der Waals surface area contributed by atoms with E-state index in [4.69, 9.17) is 4.74 Å². The number of hydrogen-bond acceptors (Lipinski definition) is 3. The Balaban J connectivity index is 1.50. The van der Waals surface area contributed by atoms with Gasteiger partial charge in [-0.3, -0.25) is 0 Å². The molecule has 2 aliphatic heterocycles. The van der Waals surface area contributed by atoms with Crippen molar-refractivity contribution in [2.24, 2.45) is 0 Å². The van der Waals surface area contributed by atoms with Gasteiger partial charge in [0.15, 0.2) is 0 Å². The molecule has 2 heterocycles. The van der Waals surface area contributed by atoms with Crippen molar-refractivity contribution in [2.75, 3.05) is 0 Å². The van der Waals surface area contributed by atoms with E-state index in [1.165, 1.54) is 13.0 Å². The molecule has 2 aliphatic rings. The summed E-state index contributed by atoms with van der Waals surface area (Å²) < 4.78 is 45.4. The lowest BCUT2D eigenvalue weighted by Crippen LogP contribution is -2.52. The highest BCUT2D eigenvalue weighted by molar-refractivity contribution is 5.69. The SMILES string of the molecule is Cc1ccc(C2(O)CC3CCC(C2)N3C(=O)OCc2ccccc2)cc1C(F)(F)F. The highest BCUT2D eigenvalue weighted by Gasteiger charge is 2.51. The topological polar surface area (TPSA) is 49.8 Å². The van der Waals surface area contributed by atoms with E-state index >= 15 is 0 Å². The first-order valence-electron chi connectivity index (χ1n) is 10.1. The number of carbonyl (C=O) groups excluding carboxylic acids is 1. The molecule has 0 radical (unpaired) electrons. The molecule has 2 fully saturated rings. The second-order valence-corrected chi connectivity index (χ2v) is 8.30. The molecule has 0 spiro atoms. The molecule has 0 saturated carbocycles. The molecule has 2 bridgehead atoms. The van der Waals surface area contributed by atoms with Gasteiger partial charge in [-0.15, -0.1) is 0 Å². The van der Waals surface area contributed by atoms with E-state index < -0.39 is 23.4 Å². The number of alkyl halides is 3. The molecule has 0 aliphatic carbocycles. The number of aliphatic hydroxyl groups is 1. The number of amides is 1. The summed E-state index contributed by atoms with van der Waals surface area (Å²) in [5, 5.41) is 11.3. The normalized spacial score (nSPS) is 26.0. The molecule has 2 unspecified atom stereocenters. The maximum atomic E-state index is 13.3. The van der Waals surface area contributed by atoms with Gasteiger partial charge in [-0.25, -0.2) is 4.79 Å². The molecule has 2 aromatic rings. The zero-order valence-electron chi connectivity index (χ0n) is 16.7. The zero-order valence-corrected chi connectivity index (χ0v) is 16.7. The number of halogens is 3. The summed E-state index contributed by atoms with van der Waals surface area (Å²) >= 11 is 0. The van der Waals surface area contributed by atoms with Gasteiger partial charge < -0.3 is 14.7 Å². The average Bonchev–Trinajstić information content (AvgIpc) is 2.98. The van der Waals surface area contributed by atoms with Gasteiger partial charge in [0, 0.05) is 24.9 Å². The number of hydrogen-bond donors (Lipinski definition) is 1. The van der Waals surface area contributed by atoms with Gasteiger partial charge in [-0.2, -0.15) is 13.2 Å². The predicted octanol–water partition coefficient (Wildman–Crippen LogP) is 5.17. The number of fused-ring (bicyclic) bond motifs is 2. The van der Waals surface area contributed by atoms with Crippen molar-refractivity contribution < 1.29 is 27.8 Å². The van der Waals surface area contributed by atoms with Crippen molar-refractivity contribution in [1.29, 1.82) is 0 Å². The van der Waals surface area contributed by atoms with Crippen LogP contribution >= 0.6 is 0 Å². The quantitative estimate of drug-likeness (QED) is 0.747. The van der Waals surface area contributed by atoms with E-state index in [2.05, 4.69) is 0 Å². The van der Waals surface area contributed by atoms with E-state index in [0.29, 0.717) is 12.8 Å². The van der Waals surface area contributed by atoms with Crippen LogP contribution in [0, 0.1) is 6.92 Å². The number of carbonyl (C=O) groups is 1. The molecule has 4 nitrogen and oxygen atoms in total. The summed E-state index contributed by atoms with van der Waals surface area (Å²) in [4.78, 5) is 14.3. The lowest BCUT2D eigenvalue weighted by atomic mass is 9.79. The van der Waals surface area contributed by atoms with Crippen molar-refractivity contribution in [3.8, 4) is 0 Å². The Labute approximate surface area is 173 Å². The third-order valence-corrected chi connectivity index (χ3v) is 6.26. The molecule has 7 heteroatoms. The lowest BCUT2D eigenvalue weighted by molar-refractivity contribution is -0.138. The number of benzene rings is 2. The summed E-state index contributed by atoms with van der Waals surface area (Å²) in [5.74, 6) is 0. The van der Waals surface area contributed by atoms with E-state index in [0.717, 1.165) is 11.6 Å². The van der Waals surface area contributed by atoms with Gasteiger partial charge in [-0.1, -0.05) is 42.5 Å². The van der Waals surface area contributed by atoms with Gasteiger partial charge in [-0.05, 0) is 42.5 Å². The second kappa shape index (κ2) is 7.61. The van der Waals surface area contributed by atoms with Gasteiger partial charge >= 0.3 is 12.3 Å². The first-order chi connectivity index (χ1) is 14.2. The minimum Gasteiger partial charge on any atom is -0.445 e. The van der Waals surface area contributed by atoms with Crippen LogP contribution in [-0.4, -0.2) is 28.2 Å². The number of aryl methyl sites for hydroxylation is 1. The number of ether oxygens (including phenoxy) is 1. The van der Waals surface area contributed by atoms with Gasteiger partial charge in [0.25, 0.3) is 0 Å². The van der Waals surface area contributed by atoms with E-state index in [9.17, 15) is 23.1 Å². The summed E-state index contributed by atoms with van der Waals surface area (Å²) in [6.07, 6.45) is -3.11. The fourth-order valence-corrected chi connectivity index (χ4v) is 4.77. The van der Waals surface area contributed by atoms with E-state index in [1.54, 1.807) is 11.0 Å².